The largest absolute Gasteiger partial charge is 0.356 e. The molecule has 0 aromatic heterocycles. The van der Waals surface area contributed by atoms with Crippen molar-refractivity contribution >= 4 is 6.21 Å². The van der Waals surface area contributed by atoms with Crippen LogP contribution < -0.4 is 0 Å². The Hall–Kier alpha value is -0.890. The molecule has 2 heteroatoms. The normalized spacial score (nSPS) is 21.9. The number of hydrogen-bond acceptors (Lipinski definition) is 2. The van der Waals surface area contributed by atoms with E-state index in [2.05, 4.69) is 58.7 Å². The molecule has 1 aliphatic rings. The van der Waals surface area contributed by atoms with Crippen molar-refractivity contribution in [1.82, 2.24) is 0 Å². The van der Waals surface area contributed by atoms with Gasteiger partial charge in [0.2, 0.25) is 0 Å². The van der Waals surface area contributed by atoms with Crippen LogP contribution in [-0.2, 0) is 4.74 Å². The van der Waals surface area contributed by atoms with Crippen molar-refractivity contribution in [3.63, 3.8) is 0 Å². The van der Waals surface area contributed by atoms with Crippen molar-refractivity contribution in [2.24, 2.45) is 15.8 Å². The zero-order valence-electron chi connectivity index (χ0n) is 12.2. The Morgan fingerprint density at radius 3 is 2.00 bits per heavy atom. The highest BCUT2D eigenvalue weighted by molar-refractivity contribution is 5.81. The third-order valence-corrected chi connectivity index (χ3v) is 3.01. The van der Waals surface area contributed by atoms with Crippen LogP contribution in [0, 0.1) is 10.8 Å². The minimum absolute atomic E-state index is 0.0713. The average Bonchev–Trinajstić information content (AvgIpc) is 2.36. The van der Waals surface area contributed by atoms with Gasteiger partial charge in [-0.05, 0) is 22.0 Å². The number of methoxy groups -OCH3 is 1. The van der Waals surface area contributed by atoms with E-state index in [0.717, 1.165) is 0 Å². The maximum absolute atomic E-state index is 5.47. The number of aliphatic imine (C=N–C) groups is 1. The van der Waals surface area contributed by atoms with Crippen molar-refractivity contribution in [2.75, 3.05) is 7.11 Å². The lowest BCUT2D eigenvalue weighted by Gasteiger charge is -2.26. The van der Waals surface area contributed by atoms with Crippen molar-refractivity contribution in [2.45, 2.75) is 47.8 Å². The van der Waals surface area contributed by atoms with Crippen LogP contribution in [-0.4, -0.2) is 19.6 Å². The van der Waals surface area contributed by atoms with Crippen LogP contribution in [0.3, 0.4) is 0 Å². The molecule has 0 aromatic carbocycles. The standard InChI is InChI=1S/C15H25NO/c1-14(2,3)11-8-9-12(15(4,5)6)13(17-7)16-10-11/h8-10,13H,1-7H3. The third kappa shape index (κ3) is 3.53. The van der Waals surface area contributed by atoms with Crippen LogP contribution in [0.15, 0.2) is 28.3 Å². The van der Waals surface area contributed by atoms with Crippen molar-refractivity contribution < 1.29 is 4.74 Å². The summed E-state index contributed by atoms with van der Waals surface area (Å²) in [5.74, 6) is 0. The summed E-state index contributed by atoms with van der Waals surface area (Å²) in [6, 6.07) is 0. The van der Waals surface area contributed by atoms with Crippen molar-refractivity contribution in [1.29, 1.82) is 0 Å². The molecule has 0 radical (unpaired) electrons. The molecular weight excluding hydrogens is 210 g/mol. The molecule has 0 N–H and O–H groups in total. The molecule has 1 unspecified atom stereocenters. The van der Waals surface area contributed by atoms with Gasteiger partial charge in [0.25, 0.3) is 0 Å². The first-order chi connectivity index (χ1) is 7.66. The zero-order chi connectivity index (χ0) is 13.3. The molecule has 0 aromatic rings. The van der Waals surface area contributed by atoms with Gasteiger partial charge >= 0.3 is 0 Å². The molecule has 1 rings (SSSR count). The molecule has 1 aliphatic heterocycles. The fraction of sp³-hybridized carbons (Fsp3) is 0.667. The van der Waals surface area contributed by atoms with E-state index in [4.69, 9.17) is 4.74 Å². The van der Waals surface area contributed by atoms with Gasteiger partial charge in [-0.2, -0.15) is 0 Å². The molecule has 1 atom stereocenters. The Balaban J connectivity index is 3.17. The van der Waals surface area contributed by atoms with E-state index in [1.807, 2.05) is 6.21 Å². The fourth-order valence-corrected chi connectivity index (χ4v) is 1.79. The van der Waals surface area contributed by atoms with Gasteiger partial charge in [0.15, 0.2) is 6.23 Å². The fourth-order valence-electron chi connectivity index (χ4n) is 1.79. The van der Waals surface area contributed by atoms with Crippen molar-refractivity contribution in [3.05, 3.63) is 23.3 Å². The Bertz CT molecular complexity index is 361. The lowest BCUT2D eigenvalue weighted by Crippen LogP contribution is -2.22. The van der Waals surface area contributed by atoms with Crippen LogP contribution in [0.1, 0.15) is 41.5 Å². The Morgan fingerprint density at radius 1 is 1.00 bits per heavy atom. The summed E-state index contributed by atoms with van der Waals surface area (Å²) in [4.78, 5) is 4.55. The van der Waals surface area contributed by atoms with E-state index in [9.17, 15) is 0 Å². The highest BCUT2D eigenvalue weighted by atomic mass is 16.5. The van der Waals surface area contributed by atoms with Gasteiger partial charge in [0, 0.05) is 13.3 Å². The summed E-state index contributed by atoms with van der Waals surface area (Å²) in [6.45, 7) is 13.2. The molecule has 0 amide bonds. The average molecular weight is 235 g/mol. The Kier molecular flexibility index (Phi) is 3.98. The maximum Gasteiger partial charge on any atom is 0.170 e. The van der Waals surface area contributed by atoms with E-state index < -0.39 is 0 Å². The van der Waals surface area contributed by atoms with Crippen LogP contribution in [0.2, 0.25) is 0 Å². The SMILES string of the molecule is COC1N=CC(C(C)(C)C)=CC=C1C(C)(C)C. The van der Waals surface area contributed by atoms with E-state index in [0.29, 0.717) is 0 Å². The van der Waals surface area contributed by atoms with Gasteiger partial charge in [0.1, 0.15) is 0 Å². The predicted octanol–water partition coefficient (Wildman–Crippen LogP) is 3.99. The van der Waals surface area contributed by atoms with E-state index in [1.54, 1.807) is 7.11 Å². The molecule has 0 aliphatic carbocycles. The second kappa shape index (κ2) is 4.77. The van der Waals surface area contributed by atoms with Gasteiger partial charge < -0.3 is 4.74 Å². The second-order valence-corrected chi connectivity index (χ2v) is 6.61. The molecule has 0 saturated carbocycles. The number of hydrogen-bond donors (Lipinski definition) is 0. The first-order valence-electron chi connectivity index (χ1n) is 6.15. The Morgan fingerprint density at radius 2 is 1.59 bits per heavy atom. The second-order valence-electron chi connectivity index (χ2n) is 6.61. The number of allylic oxidation sites excluding steroid dienone is 3. The molecule has 96 valence electrons. The van der Waals surface area contributed by atoms with E-state index in [1.165, 1.54) is 11.1 Å². The number of rotatable bonds is 1. The van der Waals surface area contributed by atoms with Gasteiger partial charge in [-0.25, -0.2) is 0 Å². The summed E-state index contributed by atoms with van der Waals surface area (Å²) < 4.78 is 5.47. The predicted molar refractivity (Wildman–Crippen MR) is 74.4 cm³/mol. The first-order valence-corrected chi connectivity index (χ1v) is 6.15. The Labute approximate surface area is 105 Å². The third-order valence-electron chi connectivity index (χ3n) is 3.01. The van der Waals surface area contributed by atoms with Gasteiger partial charge in [-0.15, -0.1) is 0 Å². The van der Waals surface area contributed by atoms with Crippen LogP contribution in [0.5, 0.6) is 0 Å². The van der Waals surface area contributed by atoms with Crippen LogP contribution in [0.4, 0.5) is 0 Å². The molecule has 0 fully saturated rings. The summed E-state index contributed by atoms with van der Waals surface area (Å²) >= 11 is 0. The topological polar surface area (TPSA) is 21.6 Å². The molecule has 0 spiro atoms. The molecule has 1 heterocycles. The minimum atomic E-state index is -0.161. The highest BCUT2D eigenvalue weighted by Gasteiger charge is 2.26. The van der Waals surface area contributed by atoms with E-state index >= 15 is 0 Å². The maximum atomic E-state index is 5.47. The molecule has 2 nitrogen and oxygen atoms in total. The first kappa shape index (κ1) is 14.2. The highest BCUT2D eigenvalue weighted by Crippen LogP contribution is 2.33. The summed E-state index contributed by atoms with van der Waals surface area (Å²) in [5.41, 5.74) is 2.64. The smallest absolute Gasteiger partial charge is 0.170 e. The molecule has 17 heavy (non-hydrogen) atoms. The van der Waals surface area contributed by atoms with Crippen LogP contribution >= 0.6 is 0 Å². The van der Waals surface area contributed by atoms with Crippen molar-refractivity contribution in [3.8, 4) is 0 Å². The van der Waals surface area contributed by atoms with Gasteiger partial charge in [-0.3, -0.25) is 4.99 Å². The lowest BCUT2D eigenvalue weighted by atomic mass is 9.84. The molecule has 0 saturated heterocycles. The number of nitrogens with zero attached hydrogens (tertiary/aromatic N) is 1. The number of ether oxygens (including phenoxy) is 1. The lowest BCUT2D eigenvalue weighted by molar-refractivity contribution is 0.123. The quantitative estimate of drug-likeness (QED) is 0.673. The monoisotopic (exact) mass is 235 g/mol. The summed E-state index contributed by atoms with van der Waals surface area (Å²) in [7, 11) is 1.71. The molecular formula is C15H25NO. The van der Waals surface area contributed by atoms with Gasteiger partial charge in [-0.1, -0.05) is 53.7 Å². The van der Waals surface area contributed by atoms with E-state index in [-0.39, 0.29) is 17.1 Å². The van der Waals surface area contributed by atoms with Crippen LogP contribution in [0.25, 0.3) is 0 Å². The summed E-state index contributed by atoms with van der Waals surface area (Å²) in [5, 5.41) is 0. The van der Waals surface area contributed by atoms with Gasteiger partial charge in [0.05, 0.1) is 0 Å². The molecule has 0 bridgehead atoms. The zero-order valence-corrected chi connectivity index (χ0v) is 12.2. The summed E-state index contributed by atoms with van der Waals surface area (Å²) in [6.07, 6.45) is 6.12. The minimum Gasteiger partial charge on any atom is -0.356 e.